The lowest BCUT2D eigenvalue weighted by Crippen LogP contribution is -2.25. The summed E-state index contributed by atoms with van der Waals surface area (Å²) in [6.45, 7) is 3.99. The molecule has 0 aliphatic heterocycles. The molecule has 0 atom stereocenters. The van der Waals surface area contributed by atoms with Crippen LogP contribution in [0, 0.1) is 13.8 Å². The van der Waals surface area contributed by atoms with Crippen molar-refractivity contribution in [3.05, 3.63) is 77.2 Å². The molecular formula is C22H19N3O3S. The molecule has 0 aliphatic carbocycles. The van der Waals surface area contributed by atoms with Gasteiger partial charge in [0, 0.05) is 5.56 Å². The highest BCUT2D eigenvalue weighted by molar-refractivity contribution is 7.22. The van der Waals surface area contributed by atoms with Crippen molar-refractivity contribution in [3.63, 3.8) is 0 Å². The fraction of sp³-hybridized carbons (Fsp3) is 0.136. The molecule has 7 heteroatoms. The smallest absolute Gasteiger partial charge is 0.280 e. The average Bonchev–Trinajstić information content (AvgIpc) is 3.39. The molecule has 146 valence electrons. The number of methoxy groups -OCH3 is 1. The minimum atomic E-state index is -0.262. The molecule has 0 spiro atoms. The number of hydrazone groups is 1. The summed E-state index contributed by atoms with van der Waals surface area (Å²) in [6, 6.07) is 14.7. The molecule has 0 unspecified atom stereocenters. The van der Waals surface area contributed by atoms with Crippen molar-refractivity contribution in [3.8, 4) is 5.75 Å². The van der Waals surface area contributed by atoms with Crippen molar-refractivity contribution in [2.75, 3.05) is 12.1 Å². The third-order valence-corrected chi connectivity index (χ3v) is 5.55. The Morgan fingerprint density at radius 2 is 2.03 bits per heavy atom. The summed E-state index contributed by atoms with van der Waals surface area (Å²) in [5.41, 5.74) is 3.48. The molecule has 0 radical (unpaired) electrons. The fourth-order valence-corrected chi connectivity index (χ4v) is 3.73. The zero-order valence-electron chi connectivity index (χ0n) is 16.2. The van der Waals surface area contributed by atoms with E-state index in [0.29, 0.717) is 16.5 Å². The standard InChI is InChI=1S/C22H19N3O3S/c1-14-6-7-16(11-15(14)2)21(26)25(23-13-18-5-4-10-28-18)22-24-19-9-8-17(27-3)12-20(19)29-22/h4-13H,1-3H3/b23-13+. The van der Waals surface area contributed by atoms with Crippen LogP contribution in [-0.4, -0.2) is 24.2 Å². The number of thiazole rings is 1. The number of ether oxygens (including phenoxy) is 1. The third-order valence-electron chi connectivity index (χ3n) is 4.56. The van der Waals surface area contributed by atoms with Crippen molar-refractivity contribution in [1.29, 1.82) is 0 Å². The Balaban J connectivity index is 1.77. The Kier molecular flexibility index (Phi) is 5.14. The highest BCUT2D eigenvalue weighted by Crippen LogP contribution is 2.32. The van der Waals surface area contributed by atoms with Crippen molar-refractivity contribution >= 4 is 38.8 Å². The van der Waals surface area contributed by atoms with E-state index >= 15 is 0 Å². The van der Waals surface area contributed by atoms with Gasteiger partial charge in [0.1, 0.15) is 11.5 Å². The molecule has 6 nitrogen and oxygen atoms in total. The summed E-state index contributed by atoms with van der Waals surface area (Å²) in [7, 11) is 1.62. The van der Waals surface area contributed by atoms with Gasteiger partial charge in [-0.25, -0.2) is 4.98 Å². The van der Waals surface area contributed by atoms with Crippen LogP contribution in [0.5, 0.6) is 5.75 Å². The minimum Gasteiger partial charge on any atom is -0.497 e. The van der Waals surface area contributed by atoms with E-state index in [0.717, 1.165) is 27.1 Å². The van der Waals surface area contributed by atoms with Crippen molar-refractivity contribution in [2.45, 2.75) is 13.8 Å². The van der Waals surface area contributed by atoms with Gasteiger partial charge in [0.25, 0.3) is 5.91 Å². The first-order chi connectivity index (χ1) is 14.0. The molecule has 0 saturated carbocycles. The van der Waals surface area contributed by atoms with Gasteiger partial charge in [-0.2, -0.15) is 10.1 Å². The molecule has 4 rings (SSSR count). The Labute approximate surface area is 172 Å². The number of aromatic nitrogens is 1. The van der Waals surface area contributed by atoms with Crippen LogP contribution in [0.25, 0.3) is 10.2 Å². The monoisotopic (exact) mass is 405 g/mol. The van der Waals surface area contributed by atoms with Gasteiger partial charge in [0.05, 0.1) is 29.8 Å². The first-order valence-corrected chi connectivity index (χ1v) is 9.80. The summed E-state index contributed by atoms with van der Waals surface area (Å²) >= 11 is 1.37. The normalized spacial score (nSPS) is 11.3. The topological polar surface area (TPSA) is 67.9 Å². The van der Waals surface area contributed by atoms with E-state index in [1.165, 1.54) is 22.6 Å². The maximum atomic E-state index is 13.3. The number of nitrogens with zero attached hydrogens (tertiary/aromatic N) is 3. The second-order valence-electron chi connectivity index (χ2n) is 6.51. The highest BCUT2D eigenvalue weighted by Gasteiger charge is 2.21. The Morgan fingerprint density at radius 3 is 2.76 bits per heavy atom. The van der Waals surface area contributed by atoms with Crippen LogP contribution in [0.1, 0.15) is 27.2 Å². The van der Waals surface area contributed by atoms with Gasteiger partial charge < -0.3 is 9.15 Å². The summed E-state index contributed by atoms with van der Waals surface area (Å²) in [4.78, 5) is 17.9. The van der Waals surface area contributed by atoms with Gasteiger partial charge in [-0.3, -0.25) is 4.79 Å². The second kappa shape index (κ2) is 7.89. The number of amides is 1. The number of hydrogen-bond acceptors (Lipinski definition) is 6. The molecule has 29 heavy (non-hydrogen) atoms. The van der Waals surface area contributed by atoms with E-state index in [1.807, 2.05) is 44.2 Å². The molecule has 0 fully saturated rings. The van der Waals surface area contributed by atoms with Crippen molar-refractivity contribution in [1.82, 2.24) is 4.98 Å². The first-order valence-electron chi connectivity index (χ1n) is 8.99. The molecule has 0 saturated heterocycles. The molecule has 1 amide bonds. The lowest BCUT2D eigenvalue weighted by Gasteiger charge is -2.14. The number of rotatable bonds is 5. The number of fused-ring (bicyclic) bond motifs is 1. The number of carbonyl (C=O) groups excluding carboxylic acids is 1. The SMILES string of the molecule is COc1ccc2nc(N(/N=C/c3ccco3)C(=O)c3ccc(C)c(C)c3)sc2c1. The lowest BCUT2D eigenvalue weighted by molar-refractivity contribution is 0.0987. The molecular weight excluding hydrogens is 386 g/mol. The van der Waals surface area contributed by atoms with Crippen LogP contribution in [0.15, 0.2) is 64.3 Å². The van der Waals surface area contributed by atoms with Crippen LogP contribution in [0.3, 0.4) is 0 Å². The van der Waals surface area contributed by atoms with Gasteiger partial charge in [0.15, 0.2) is 0 Å². The van der Waals surface area contributed by atoms with Crippen molar-refractivity contribution in [2.24, 2.45) is 5.10 Å². The Bertz CT molecular complexity index is 1200. The predicted molar refractivity (Wildman–Crippen MR) is 115 cm³/mol. The predicted octanol–water partition coefficient (Wildman–Crippen LogP) is 5.20. The number of benzene rings is 2. The van der Waals surface area contributed by atoms with E-state index in [4.69, 9.17) is 9.15 Å². The number of anilines is 1. The van der Waals surface area contributed by atoms with E-state index in [2.05, 4.69) is 10.1 Å². The minimum absolute atomic E-state index is 0.262. The summed E-state index contributed by atoms with van der Waals surface area (Å²) in [6.07, 6.45) is 3.06. The molecule has 0 bridgehead atoms. The Morgan fingerprint density at radius 1 is 1.17 bits per heavy atom. The van der Waals surface area contributed by atoms with Crippen molar-refractivity contribution < 1.29 is 13.9 Å². The van der Waals surface area contributed by atoms with Crippen LogP contribution in [0.2, 0.25) is 0 Å². The van der Waals surface area contributed by atoms with Crippen LogP contribution in [0.4, 0.5) is 5.13 Å². The van der Waals surface area contributed by atoms with Gasteiger partial charge in [-0.15, -0.1) is 0 Å². The number of hydrogen-bond donors (Lipinski definition) is 0. The maximum Gasteiger partial charge on any atom is 0.280 e. The van der Waals surface area contributed by atoms with Gasteiger partial charge in [-0.05, 0) is 67.4 Å². The van der Waals surface area contributed by atoms with Gasteiger partial charge >= 0.3 is 0 Å². The summed E-state index contributed by atoms with van der Waals surface area (Å²) in [5.74, 6) is 1.02. The van der Waals surface area contributed by atoms with Crippen LogP contribution >= 0.6 is 11.3 Å². The zero-order chi connectivity index (χ0) is 20.4. The zero-order valence-corrected chi connectivity index (χ0v) is 17.1. The lowest BCUT2D eigenvalue weighted by atomic mass is 10.1. The van der Waals surface area contributed by atoms with Gasteiger partial charge in [0.2, 0.25) is 5.13 Å². The number of furan rings is 1. The van der Waals surface area contributed by atoms with E-state index in [9.17, 15) is 4.79 Å². The molecule has 0 aliphatic rings. The maximum absolute atomic E-state index is 13.3. The van der Waals surface area contributed by atoms with Gasteiger partial charge in [-0.1, -0.05) is 17.4 Å². The first kappa shape index (κ1) is 18.9. The third kappa shape index (κ3) is 3.90. The van der Waals surface area contributed by atoms with Crippen LogP contribution < -0.4 is 9.75 Å². The molecule has 2 aromatic carbocycles. The molecule has 2 aromatic heterocycles. The number of carbonyl (C=O) groups is 1. The molecule has 4 aromatic rings. The number of aryl methyl sites for hydroxylation is 2. The molecule has 0 N–H and O–H groups in total. The average molecular weight is 405 g/mol. The fourth-order valence-electron chi connectivity index (χ4n) is 2.78. The summed E-state index contributed by atoms with van der Waals surface area (Å²) in [5, 5.41) is 6.17. The largest absolute Gasteiger partial charge is 0.497 e. The van der Waals surface area contributed by atoms with E-state index in [-0.39, 0.29) is 5.91 Å². The second-order valence-corrected chi connectivity index (χ2v) is 7.52. The Hall–Kier alpha value is -3.45. The summed E-state index contributed by atoms with van der Waals surface area (Å²) < 4.78 is 11.5. The van der Waals surface area contributed by atoms with Crippen LogP contribution in [-0.2, 0) is 0 Å². The van der Waals surface area contributed by atoms with E-state index < -0.39 is 0 Å². The highest BCUT2D eigenvalue weighted by atomic mass is 32.1. The van der Waals surface area contributed by atoms with E-state index in [1.54, 1.807) is 31.6 Å². The quantitative estimate of drug-likeness (QED) is 0.338. The molecule has 2 heterocycles.